The van der Waals surface area contributed by atoms with Crippen molar-refractivity contribution in [3.05, 3.63) is 23.8 Å². The number of benzene rings is 1. The van der Waals surface area contributed by atoms with Crippen LogP contribution < -0.4 is 9.80 Å². The minimum atomic E-state index is 0.0526. The molecule has 0 N–H and O–H groups in total. The van der Waals surface area contributed by atoms with Crippen LogP contribution in [0, 0.1) is 0 Å². The molecule has 0 unspecified atom stereocenters. The Morgan fingerprint density at radius 2 is 2.18 bits per heavy atom. The quantitative estimate of drug-likeness (QED) is 0.725. The molecule has 2 aliphatic rings. The molecule has 17 heavy (non-hydrogen) atoms. The van der Waals surface area contributed by atoms with Gasteiger partial charge in [0.25, 0.3) is 5.91 Å². The molecule has 1 aromatic carbocycles. The SMILES string of the molecule is CN1CCc2ccc(N3CCOCC3=O)cc21. The van der Waals surface area contributed by atoms with Gasteiger partial charge in [-0.2, -0.15) is 0 Å². The molecule has 1 aromatic rings. The van der Waals surface area contributed by atoms with Gasteiger partial charge in [-0.3, -0.25) is 4.79 Å². The van der Waals surface area contributed by atoms with Crippen molar-refractivity contribution in [3.8, 4) is 0 Å². The van der Waals surface area contributed by atoms with Crippen LogP contribution in [0.1, 0.15) is 5.56 Å². The Balaban J connectivity index is 1.93. The lowest BCUT2D eigenvalue weighted by molar-refractivity contribution is -0.125. The minimum absolute atomic E-state index is 0.0526. The van der Waals surface area contributed by atoms with E-state index >= 15 is 0 Å². The molecular formula is C13H16N2O2. The van der Waals surface area contributed by atoms with Crippen LogP contribution in [-0.4, -0.2) is 39.3 Å². The van der Waals surface area contributed by atoms with Gasteiger partial charge in [-0.05, 0) is 24.1 Å². The summed E-state index contributed by atoms with van der Waals surface area (Å²) in [6, 6.07) is 6.30. The van der Waals surface area contributed by atoms with Gasteiger partial charge in [0.15, 0.2) is 0 Å². The molecule has 4 heteroatoms. The minimum Gasteiger partial charge on any atom is -0.374 e. The maximum atomic E-state index is 11.8. The molecule has 0 radical (unpaired) electrons. The zero-order valence-electron chi connectivity index (χ0n) is 9.98. The number of morpholine rings is 1. The zero-order valence-corrected chi connectivity index (χ0v) is 9.98. The summed E-state index contributed by atoms with van der Waals surface area (Å²) in [5, 5.41) is 0. The van der Waals surface area contributed by atoms with Gasteiger partial charge in [-0.15, -0.1) is 0 Å². The number of amides is 1. The molecule has 0 aliphatic carbocycles. The number of hydrogen-bond donors (Lipinski definition) is 0. The second kappa shape index (κ2) is 4.04. The number of ether oxygens (including phenoxy) is 1. The van der Waals surface area contributed by atoms with E-state index in [1.54, 1.807) is 0 Å². The fraction of sp³-hybridized carbons (Fsp3) is 0.462. The van der Waals surface area contributed by atoms with Crippen LogP contribution >= 0.6 is 0 Å². The standard InChI is InChI=1S/C13H16N2O2/c1-14-5-4-10-2-3-11(8-12(10)14)15-6-7-17-9-13(15)16/h2-3,8H,4-7,9H2,1H3. The molecule has 0 bridgehead atoms. The smallest absolute Gasteiger partial charge is 0.253 e. The third-order valence-electron chi connectivity index (χ3n) is 3.49. The molecule has 2 heterocycles. The number of rotatable bonds is 1. The van der Waals surface area contributed by atoms with Crippen molar-refractivity contribution in [2.45, 2.75) is 6.42 Å². The lowest BCUT2D eigenvalue weighted by atomic mass is 10.1. The van der Waals surface area contributed by atoms with Gasteiger partial charge in [0, 0.05) is 31.5 Å². The predicted molar refractivity (Wildman–Crippen MR) is 66.6 cm³/mol. The molecule has 4 nitrogen and oxygen atoms in total. The van der Waals surface area contributed by atoms with Crippen LogP contribution in [0.15, 0.2) is 18.2 Å². The summed E-state index contributed by atoms with van der Waals surface area (Å²) < 4.78 is 5.15. The highest BCUT2D eigenvalue weighted by Crippen LogP contribution is 2.31. The second-order valence-corrected chi connectivity index (χ2v) is 4.58. The summed E-state index contributed by atoms with van der Waals surface area (Å²) in [5.41, 5.74) is 3.62. The van der Waals surface area contributed by atoms with Crippen LogP contribution in [0.5, 0.6) is 0 Å². The Morgan fingerprint density at radius 3 is 3.00 bits per heavy atom. The van der Waals surface area contributed by atoms with E-state index in [9.17, 15) is 4.79 Å². The first kappa shape index (κ1) is 10.6. The Morgan fingerprint density at radius 1 is 1.29 bits per heavy atom. The summed E-state index contributed by atoms with van der Waals surface area (Å²) in [7, 11) is 2.09. The van der Waals surface area contributed by atoms with Gasteiger partial charge >= 0.3 is 0 Å². The first-order chi connectivity index (χ1) is 8.25. The molecule has 2 aliphatic heterocycles. The van der Waals surface area contributed by atoms with Crippen LogP contribution in [0.3, 0.4) is 0 Å². The molecule has 0 aromatic heterocycles. The van der Waals surface area contributed by atoms with Crippen molar-refractivity contribution in [1.29, 1.82) is 0 Å². The van der Waals surface area contributed by atoms with Gasteiger partial charge in [0.1, 0.15) is 6.61 Å². The fourth-order valence-corrected chi connectivity index (χ4v) is 2.49. The van der Waals surface area contributed by atoms with Crippen LogP contribution in [-0.2, 0) is 16.0 Å². The predicted octanol–water partition coefficient (Wildman–Crippen LogP) is 1.04. The fourth-order valence-electron chi connectivity index (χ4n) is 2.49. The summed E-state index contributed by atoms with van der Waals surface area (Å²) >= 11 is 0. The second-order valence-electron chi connectivity index (χ2n) is 4.58. The molecular weight excluding hydrogens is 216 g/mol. The van der Waals surface area contributed by atoms with E-state index in [2.05, 4.69) is 24.1 Å². The summed E-state index contributed by atoms with van der Waals surface area (Å²) in [6.45, 7) is 2.54. The van der Waals surface area contributed by atoms with Crippen LogP contribution in [0.2, 0.25) is 0 Å². The highest BCUT2D eigenvalue weighted by atomic mass is 16.5. The van der Waals surface area contributed by atoms with Crippen LogP contribution in [0.25, 0.3) is 0 Å². The van der Waals surface area contributed by atoms with Gasteiger partial charge in [-0.25, -0.2) is 0 Å². The van der Waals surface area contributed by atoms with Gasteiger partial charge in [-0.1, -0.05) is 6.07 Å². The van der Waals surface area contributed by atoms with Crippen molar-refractivity contribution in [1.82, 2.24) is 0 Å². The molecule has 3 rings (SSSR count). The van der Waals surface area contributed by atoms with Crippen molar-refractivity contribution in [2.24, 2.45) is 0 Å². The highest BCUT2D eigenvalue weighted by molar-refractivity contribution is 5.95. The monoisotopic (exact) mass is 232 g/mol. The number of carbonyl (C=O) groups is 1. The molecule has 1 fully saturated rings. The van der Waals surface area contributed by atoms with E-state index < -0.39 is 0 Å². The molecule has 90 valence electrons. The van der Waals surface area contributed by atoms with E-state index in [1.165, 1.54) is 11.3 Å². The number of likely N-dealkylation sites (N-methyl/N-ethyl adjacent to an activating group) is 1. The molecule has 1 saturated heterocycles. The maximum absolute atomic E-state index is 11.8. The van der Waals surface area contributed by atoms with Crippen molar-refractivity contribution in [2.75, 3.05) is 43.2 Å². The molecule has 0 saturated carbocycles. The Labute approximate surface area is 101 Å². The zero-order chi connectivity index (χ0) is 11.8. The highest BCUT2D eigenvalue weighted by Gasteiger charge is 2.23. The Bertz CT molecular complexity index is 459. The van der Waals surface area contributed by atoms with Gasteiger partial charge in [0.05, 0.1) is 6.61 Å². The van der Waals surface area contributed by atoms with Crippen LogP contribution in [0.4, 0.5) is 11.4 Å². The van der Waals surface area contributed by atoms with Gasteiger partial charge in [0.2, 0.25) is 0 Å². The first-order valence-electron chi connectivity index (χ1n) is 5.98. The normalized spacial score (nSPS) is 19.7. The average molecular weight is 232 g/mol. The first-order valence-corrected chi connectivity index (χ1v) is 5.98. The molecule has 0 spiro atoms. The number of nitrogens with zero attached hydrogens (tertiary/aromatic N) is 2. The van der Waals surface area contributed by atoms with Gasteiger partial charge < -0.3 is 14.5 Å². The summed E-state index contributed by atoms with van der Waals surface area (Å²) in [4.78, 5) is 15.8. The summed E-state index contributed by atoms with van der Waals surface area (Å²) in [5.74, 6) is 0.0526. The number of carbonyl (C=O) groups excluding carboxylic acids is 1. The van der Waals surface area contributed by atoms with E-state index in [1.807, 2.05) is 11.0 Å². The average Bonchev–Trinajstić information content (AvgIpc) is 2.71. The van der Waals surface area contributed by atoms with E-state index in [0.29, 0.717) is 13.2 Å². The Hall–Kier alpha value is -1.55. The lowest BCUT2D eigenvalue weighted by Gasteiger charge is -2.27. The maximum Gasteiger partial charge on any atom is 0.253 e. The van der Waals surface area contributed by atoms with E-state index in [0.717, 1.165) is 18.7 Å². The van der Waals surface area contributed by atoms with Crippen molar-refractivity contribution >= 4 is 17.3 Å². The number of anilines is 2. The third kappa shape index (κ3) is 1.78. The number of fused-ring (bicyclic) bond motifs is 1. The van der Waals surface area contributed by atoms with E-state index in [4.69, 9.17) is 4.74 Å². The Kier molecular flexibility index (Phi) is 2.52. The third-order valence-corrected chi connectivity index (χ3v) is 3.49. The number of hydrogen-bond acceptors (Lipinski definition) is 3. The van der Waals surface area contributed by atoms with Crippen molar-refractivity contribution in [3.63, 3.8) is 0 Å². The van der Waals surface area contributed by atoms with E-state index in [-0.39, 0.29) is 12.5 Å². The lowest BCUT2D eigenvalue weighted by Crippen LogP contribution is -2.41. The largest absolute Gasteiger partial charge is 0.374 e. The van der Waals surface area contributed by atoms with Crippen molar-refractivity contribution < 1.29 is 9.53 Å². The topological polar surface area (TPSA) is 32.8 Å². The molecule has 0 atom stereocenters. The summed E-state index contributed by atoms with van der Waals surface area (Å²) in [6.07, 6.45) is 1.10. The molecule has 1 amide bonds.